The summed E-state index contributed by atoms with van der Waals surface area (Å²) < 4.78 is 31.9. The number of aliphatic hydroxyl groups is 4. The van der Waals surface area contributed by atoms with E-state index in [0.717, 1.165) is 103 Å². The molecule has 1 heterocycles. The Morgan fingerprint density at radius 3 is 0.863 bits per heavy atom. The number of carbonyl (C=O) groups excluding carboxylic acids is 8. The van der Waals surface area contributed by atoms with Crippen LogP contribution in [0.2, 0.25) is 0 Å². The Bertz CT molecular complexity index is 1510. The molecule has 1 saturated heterocycles. The van der Waals surface area contributed by atoms with Gasteiger partial charge in [-0.3, -0.25) is 48.2 Å². The van der Waals surface area contributed by atoms with Gasteiger partial charge >= 0.3 is 35.8 Å². The molecule has 22 nitrogen and oxygen atoms in total. The number of amides is 2. The smallest absolute Gasteiger partial charge is 0.305 e. The highest BCUT2D eigenvalue weighted by Crippen LogP contribution is 2.13. The molecular weight excluding hydrogens is 1040 g/mol. The minimum absolute atomic E-state index is 0.0435. The van der Waals surface area contributed by atoms with Crippen LogP contribution >= 0.6 is 0 Å². The predicted molar refractivity (Wildman–Crippen MR) is 298 cm³/mol. The molecule has 0 bridgehead atoms. The van der Waals surface area contributed by atoms with Gasteiger partial charge in [-0.05, 0) is 38.5 Å². The fraction of sp³-hybridized carbons (Fsp3) is 0.862. The number of hydrogen-bond donors (Lipinski definition) is 6. The molecule has 1 rings (SSSR count). The fourth-order valence-electron chi connectivity index (χ4n) is 8.78. The lowest BCUT2D eigenvalue weighted by atomic mass is 10.0. The Balaban J connectivity index is 2.68. The van der Waals surface area contributed by atoms with E-state index >= 15 is 0 Å². The molecule has 0 aliphatic carbocycles. The summed E-state index contributed by atoms with van der Waals surface area (Å²) in [5.41, 5.74) is 0. The average molecular weight is 1150 g/mol. The number of piperazine rings is 1. The van der Waals surface area contributed by atoms with Crippen molar-refractivity contribution in [3.05, 3.63) is 0 Å². The SMILES string of the molecule is CCCCCCCC(=O)OCC(O)CN(CCOC(=O)CCC1NC(=O)C(CCC(=O)OCCN(CC(O)COC(=O)CCCCCCC)CC(O)COC(=O)CCCCCCC)NC1=O)CC(O)COC(=O)CCCCCCC. The van der Waals surface area contributed by atoms with Crippen molar-refractivity contribution >= 4 is 47.6 Å². The van der Waals surface area contributed by atoms with Gasteiger partial charge in [0.1, 0.15) is 76.1 Å². The second kappa shape index (κ2) is 48.1. The van der Waals surface area contributed by atoms with Crippen LogP contribution in [0, 0.1) is 0 Å². The number of ether oxygens (including phenoxy) is 6. The first-order chi connectivity index (χ1) is 38.5. The summed E-state index contributed by atoms with van der Waals surface area (Å²) in [6.45, 7) is 6.76. The van der Waals surface area contributed by atoms with Crippen LogP contribution in [0.4, 0.5) is 0 Å². The summed E-state index contributed by atoms with van der Waals surface area (Å²) in [5.74, 6) is -4.20. The zero-order valence-corrected chi connectivity index (χ0v) is 49.1. The van der Waals surface area contributed by atoms with Crippen molar-refractivity contribution in [2.24, 2.45) is 0 Å². The standard InChI is InChI=1S/C58H104N4O18/c1-5-9-13-17-21-25-51(67)77-41-45(63)37-61(38-46(64)42-78-52(68)26-22-18-14-10-6-2)33-35-75-55(71)31-29-49-57(73)60-50(58(74)59-49)30-32-56(72)76-36-34-62(39-47(65)43-79-53(69)27-23-19-15-11-7-3)40-48(66)44-80-54(70)28-24-20-16-12-8-4/h45-50,63-66H,5-44H2,1-4H3,(H,59,74)(H,60,73). The molecule has 464 valence electrons. The third kappa shape index (κ3) is 40.7. The minimum atomic E-state index is -1.13. The number of aliphatic hydroxyl groups excluding tert-OH is 4. The van der Waals surface area contributed by atoms with Gasteiger partial charge in [0.25, 0.3) is 0 Å². The van der Waals surface area contributed by atoms with Crippen LogP contribution in [-0.2, 0) is 66.8 Å². The summed E-state index contributed by atoms with van der Waals surface area (Å²) in [5, 5.41) is 48.2. The summed E-state index contributed by atoms with van der Waals surface area (Å²) in [6, 6.07) is -2.12. The Hall–Kier alpha value is -4.48. The molecule has 0 aromatic carbocycles. The molecule has 0 radical (unpaired) electrons. The van der Waals surface area contributed by atoms with Crippen molar-refractivity contribution in [2.75, 3.05) is 78.9 Å². The minimum Gasteiger partial charge on any atom is -0.464 e. The van der Waals surface area contributed by atoms with Gasteiger partial charge in [0.2, 0.25) is 11.8 Å². The van der Waals surface area contributed by atoms with E-state index < -0.39 is 84.1 Å². The lowest BCUT2D eigenvalue weighted by Crippen LogP contribution is -2.61. The maximum absolute atomic E-state index is 13.0. The molecule has 80 heavy (non-hydrogen) atoms. The molecule has 0 saturated carbocycles. The van der Waals surface area contributed by atoms with Gasteiger partial charge < -0.3 is 59.5 Å². The van der Waals surface area contributed by atoms with Crippen molar-refractivity contribution in [1.29, 1.82) is 0 Å². The van der Waals surface area contributed by atoms with Crippen molar-refractivity contribution in [3.8, 4) is 0 Å². The molecule has 22 heteroatoms. The van der Waals surface area contributed by atoms with Crippen LogP contribution in [0.1, 0.15) is 207 Å². The Kier molecular flexibility index (Phi) is 44.2. The topological polar surface area (TPSA) is 303 Å². The highest BCUT2D eigenvalue weighted by molar-refractivity contribution is 5.97. The molecule has 6 unspecified atom stereocenters. The van der Waals surface area contributed by atoms with Gasteiger partial charge in [0.15, 0.2) is 0 Å². The molecule has 1 aliphatic rings. The number of hydrogen-bond acceptors (Lipinski definition) is 20. The average Bonchev–Trinajstić information content (AvgIpc) is 3.42. The van der Waals surface area contributed by atoms with Gasteiger partial charge in [-0.2, -0.15) is 0 Å². The summed E-state index contributed by atoms with van der Waals surface area (Å²) in [7, 11) is 0. The largest absolute Gasteiger partial charge is 0.464 e. The van der Waals surface area contributed by atoms with E-state index in [1.807, 2.05) is 0 Å². The molecule has 1 fully saturated rings. The lowest BCUT2D eigenvalue weighted by molar-refractivity contribution is -0.149. The van der Waals surface area contributed by atoms with Gasteiger partial charge in [0.05, 0.1) is 0 Å². The summed E-state index contributed by atoms with van der Waals surface area (Å²) >= 11 is 0. The number of nitrogens with one attached hydrogen (secondary N) is 2. The first-order valence-electron chi connectivity index (χ1n) is 30.2. The maximum Gasteiger partial charge on any atom is 0.305 e. The summed E-state index contributed by atoms with van der Waals surface area (Å²) in [4.78, 5) is 104. The van der Waals surface area contributed by atoms with E-state index in [1.165, 1.54) is 0 Å². The predicted octanol–water partition coefficient (Wildman–Crippen LogP) is 5.28. The zero-order valence-electron chi connectivity index (χ0n) is 49.1. The van der Waals surface area contributed by atoms with Gasteiger partial charge in [-0.1, -0.05) is 130 Å². The Labute approximate surface area is 476 Å². The quantitative estimate of drug-likeness (QED) is 0.0256. The van der Waals surface area contributed by atoms with Crippen molar-refractivity contribution < 1.29 is 87.2 Å². The third-order valence-corrected chi connectivity index (χ3v) is 13.4. The molecule has 1 aliphatic heterocycles. The number of esters is 6. The van der Waals surface area contributed by atoms with Crippen LogP contribution in [0.5, 0.6) is 0 Å². The first kappa shape index (κ1) is 73.5. The number of rotatable bonds is 52. The van der Waals surface area contributed by atoms with Crippen molar-refractivity contribution in [3.63, 3.8) is 0 Å². The monoisotopic (exact) mass is 1140 g/mol. The molecule has 6 N–H and O–H groups in total. The van der Waals surface area contributed by atoms with E-state index in [1.54, 1.807) is 9.80 Å². The second-order valence-corrected chi connectivity index (χ2v) is 21.2. The molecule has 2 amide bonds. The van der Waals surface area contributed by atoms with Crippen LogP contribution in [0.15, 0.2) is 0 Å². The Morgan fingerprint density at radius 2 is 0.613 bits per heavy atom. The number of nitrogens with zero attached hydrogens (tertiary/aromatic N) is 2. The molecule has 0 aromatic rings. The first-order valence-corrected chi connectivity index (χ1v) is 30.2. The van der Waals surface area contributed by atoms with Gasteiger partial charge in [0, 0.05) is 77.8 Å². The highest BCUT2D eigenvalue weighted by Gasteiger charge is 2.34. The highest BCUT2D eigenvalue weighted by atomic mass is 16.6. The van der Waals surface area contributed by atoms with E-state index in [9.17, 15) is 58.8 Å². The van der Waals surface area contributed by atoms with E-state index in [4.69, 9.17) is 28.4 Å². The number of unbranched alkanes of at least 4 members (excludes halogenated alkanes) is 16. The van der Waals surface area contributed by atoms with Crippen LogP contribution < -0.4 is 10.6 Å². The van der Waals surface area contributed by atoms with Crippen LogP contribution in [-0.4, -0.2) is 193 Å². The van der Waals surface area contributed by atoms with Gasteiger partial charge in [-0.25, -0.2) is 0 Å². The molecule has 0 spiro atoms. The van der Waals surface area contributed by atoms with E-state index in [2.05, 4.69) is 38.3 Å². The van der Waals surface area contributed by atoms with Crippen LogP contribution in [0.25, 0.3) is 0 Å². The fourth-order valence-corrected chi connectivity index (χ4v) is 8.78. The molecule has 6 atom stereocenters. The van der Waals surface area contributed by atoms with Crippen molar-refractivity contribution in [1.82, 2.24) is 20.4 Å². The van der Waals surface area contributed by atoms with E-state index in [0.29, 0.717) is 25.7 Å². The zero-order chi connectivity index (χ0) is 59.2. The Morgan fingerprint density at radius 1 is 0.375 bits per heavy atom. The van der Waals surface area contributed by atoms with Crippen molar-refractivity contribution in [2.45, 2.75) is 244 Å². The van der Waals surface area contributed by atoms with Gasteiger partial charge in [-0.15, -0.1) is 0 Å². The normalized spacial score (nSPS) is 15.8. The molecular formula is C58H104N4O18. The summed E-state index contributed by atoms with van der Waals surface area (Å²) in [6.07, 6.45) is 14.9. The maximum atomic E-state index is 13.0. The van der Waals surface area contributed by atoms with Crippen LogP contribution in [0.3, 0.4) is 0 Å². The third-order valence-electron chi connectivity index (χ3n) is 13.4. The molecule has 0 aromatic heterocycles. The number of carbonyl (C=O) groups is 8. The van der Waals surface area contributed by atoms with E-state index in [-0.39, 0.29) is 130 Å². The lowest BCUT2D eigenvalue weighted by Gasteiger charge is -2.29. The second-order valence-electron chi connectivity index (χ2n) is 21.2.